The van der Waals surface area contributed by atoms with Gasteiger partial charge in [-0.2, -0.15) is 0 Å². The molecule has 0 unspecified atom stereocenters. The minimum Gasteiger partial charge on any atom is -0.497 e. The van der Waals surface area contributed by atoms with Crippen molar-refractivity contribution in [2.24, 2.45) is 0 Å². The molecule has 0 aliphatic rings. The van der Waals surface area contributed by atoms with Crippen LogP contribution in [0.4, 0.5) is 0 Å². The molecule has 0 aromatic heterocycles. The van der Waals surface area contributed by atoms with E-state index in [-0.39, 0.29) is 0 Å². The molecule has 0 atom stereocenters. The first-order valence-corrected chi connectivity index (χ1v) is 7.50. The lowest BCUT2D eigenvalue weighted by atomic mass is 10.0. The first-order chi connectivity index (χ1) is 8.81. The molecular weight excluding hydrogens is 236 g/mol. The van der Waals surface area contributed by atoms with Crippen molar-refractivity contribution in [3.8, 4) is 5.75 Å². The molecule has 88 valence electrons. The third-order valence-electron chi connectivity index (χ3n) is 3.33. The Balaban J connectivity index is 2.32. The summed E-state index contributed by atoms with van der Waals surface area (Å²) in [6.45, 7) is 2.22. The Morgan fingerprint density at radius 3 is 2.17 bits per heavy atom. The van der Waals surface area contributed by atoms with E-state index in [2.05, 4.69) is 49.0 Å². The second-order valence-corrected chi connectivity index (χ2v) is 5.42. The Morgan fingerprint density at radius 2 is 1.50 bits per heavy atom. The molecular formula is C16H14OSi. The van der Waals surface area contributed by atoms with Crippen molar-refractivity contribution in [2.75, 3.05) is 7.11 Å². The van der Waals surface area contributed by atoms with Gasteiger partial charge in [-0.1, -0.05) is 48.1 Å². The molecule has 3 rings (SSSR count). The van der Waals surface area contributed by atoms with E-state index < -0.39 is 0 Å². The first-order valence-electron chi connectivity index (χ1n) is 6.00. The molecule has 2 heteroatoms. The van der Waals surface area contributed by atoms with Gasteiger partial charge in [0.1, 0.15) is 5.75 Å². The zero-order chi connectivity index (χ0) is 12.5. The molecule has 0 heterocycles. The lowest BCUT2D eigenvalue weighted by molar-refractivity contribution is 0.415. The molecule has 0 N–H and O–H groups in total. The molecule has 0 saturated carbocycles. The Kier molecular flexibility index (Phi) is 2.80. The highest BCUT2D eigenvalue weighted by Crippen LogP contribution is 2.27. The average Bonchev–Trinajstić information content (AvgIpc) is 2.45. The molecule has 3 aromatic carbocycles. The van der Waals surface area contributed by atoms with Crippen molar-refractivity contribution < 1.29 is 4.74 Å². The van der Waals surface area contributed by atoms with Crippen molar-refractivity contribution in [2.45, 2.75) is 6.55 Å². The van der Waals surface area contributed by atoms with E-state index in [0.29, 0.717) is 0 Å². The lowest BCUT2D eigenvalue weighted by Crippen LogP contribution is -2.08. The number of benzene rings is 3. The van der Waals surface area contributed by atoms with E-state index in [4.69, 9.17) is 4.74 Å². The zero-order valence-electron chi connectivity index (χ0n) is 10.5. The van der Waals surface area contributed by atoms with Crippen LogP contribution in [0.3, 0.4) is 0 Å². The van der Waals surface area contributed by atoms with E-state index >= 15 is 0 Å². The van der Waals surface area contributed by atoms with Crippen LogP contribution in [0, 0.1) is 0 Å². The summed E-state index contributed by atoms with van der Waals surface area (Å²) in [5.41, 5.74) is 0. The molecule has 0 spiro atoms. The van der Waals surface area contributed by atoms with Crippen LogP contribution in [0.1, 0.15) is 0 Å². The van der Waals surface area contributed by atoms with Gasteiger partial charge in [-0.05, 0) is 33.7 Å². The van der Waals surface area contributed by atoms with Crippen LogP contribution in [0.2, 0.25) is 6.55 Å². The maximum absolute atomic E-state index is 5.27. The third kappa shape index (κ3) is 1.79. The van der Waals surface area contributed by atoms with Crippen molar-refractivity contribution in [3.05, 3.63) is 48.5 Å². The van der Waals surface area contributed by atoms with Gasteiger partial charge in [0.05, 0.1) is 16.6 Å². The minimum absolute atomic E-state index is 0.848. The van der Waals surface area contributed by atoms with Crippen molar-refractivity contribution >= 4 is 36.3 Å². The van der Waals surface area contributed by atoms with Crippen molar-refractivity contribution in [1.82, 2.24) is 0 Å². The second kappa shape index (κ2) is 4.46. The highest BCUT2D eigenvalue weighted by atomic mass is 28.2. The van der Waals surface area contributed by atoms with E-state index in [1.54, 1.807) is 7.11 Å². The quantitative estimate of drug-likeness (QED) is 0.500. The van der Waals surface area contributed by atoms with Crippen LogP contribution in [0.5, 0.6) is 5.75 Å². The number of ether oxygens (including phenoxy) is 1. The Hall–Kier alpha value is -1.80. The summed E-state index contributed by atoms with van der Waals surface area (Å²) in [5.74, 6) is 0.911. The second-order valence-electron chi connectivity index (χ2n) is 4.34. The smallest absolute Gasteiger partial charge is 0.119 e. The van der Waals surface area contributed by atoms with E-state index in [9.17, 15) is 0 Å². The Morgan fingerprint density at radius 1 is 0.833 bits per heavy atom. The van der Waals surface area contributed by atoms with Crippen LogP contribution in [-0.2, 0) is 0 Å². The lowest BCUT2D eigenvalue weighted by Gasteiger charge is -2.07. The molecule has 3 aromatic rings. The fourth-order valence-corrected chi connectivity index (χ4v) is 2.88. The van der Waals surface area contributed by atoms with Gasteiger partial charge >= 0.3 is 0 Å². The van der Waals surface area contributed by atoms with Gasteiger partial charge in [0.2, 0.25) is 0 Å². The van der Waals surface area contributed by atoms with Gasteiger partial charge < -0.3 is 4.74 Å². The summed E-state index contributed by atoms with van der Waals surface area (Å²) in [6, 6.07) is 17.4. The Bertz CT molecular complexity index is 656. The van der Waals surface area contributed by atoms with Crippen LogP contribution in [-0.4, -0.2) is 16.6 Å². The van der Waals surface area contributed by atoms with Gasteiger partial charge in [-0.3, -0.25) is 0 Å². The topological polar surface area (TPSA) is 9.23 Å². The average molecular weight is 250 g/mol. The summed E-state index contributed by atoms with van der Waals surface area (Å²) in [5, 5.41) is 6.57. The summed E-state index contributed by atoms with van der Waals surface area (Å²) in [7, 11) is 2.55. The van der Waals surface area contributed by atoms with Gasteiger partial charge in [-0.15, -0.1) is 0 Å². The monoisotopic (exact) mass is 250 g/mol. The minimum atomic E-state index is 0.848. The predicted octanol–water partition coefficient (Wildman–Crippen LogP) is 3.38. The zero-order valence-corrected chi connectivity index (χ0v) is 11.5. The molecule has 0 bridgehead atoms. The number of hydrogen-bond acceptors (Lipinski definition) is 1. The van der Waals surface area contributed by atoms with Crippen LogP contribution >= 0.6 is 0 Å². The SMILES string of the molecule is COc1ccc2c(ccc3cc([Si]C)ccc32)c1. The van der Waals surface area contributed by atoms with Crippen LogP contribution in [0.15, 0.2) is 48.5 Å². The number of fused-ring (bicyclic) bond motifs is 3. The summed E-state index contributed by atoms with van der Waals surface area (Å²) in [6.07, 6.45) is 0. The Labute approximate surface area is 109 Å². The highest BCUT2D eigenvalue weighted by molar-refractivity contribution is 6.52. The molecule has 0 amide bonds. The summed E-state index contributed by atoms with van der Waals surface area (Å²) >= 11 is 0. The maximum atomic E-state index is 5.27. The first kappa shape index (κ1) is 11.3. The number of hydrogen-bond donors (Lipinski definition) is 0. The molecule has 0 saturated heterocycles. The standard InChI is InChI=1S/C16H14OSi/c1-17-13-5-7-15-11(9-13)3-4-12-10-14(18-2)6-8-16(12)15/h3-10H,1-2H3. The molecule has 1 nitrogen and oxygen atoms in total. The molecule has 0 aliphatic carbocycles. The van der Waals surface area contributed by atoms with Gasteiger partial charge in [-0.25, -0.2) is 0 Å². The van der Waals surface area contributed by atoms with Gasteiger partial charge in [0.25, 0.3) is 0 Å². The van der Waals surface area contributed by atoms with E-state index in [0.717, 1.165) is 15.3 Å². The largest absolute Gasteiger partial charge is 0.497 e. The van der Waals surface area contributed by atoms with E-state index in [1.807, 2.05) is 6.07 Å². The van der Waals surface area contributed by atoms with Gasteiger partial charge in [0, 0.05) is 0 Å². The predicted molar refractivity (Wildman–Crippen MR) is 79.3 cm³/mol. The van der Waals surface area contributed by atoms with Crippen molar-refractivity contribution in [1.29, 1.82) is 0 Å². The number of methoxy groups -OCH3 is 1. The third-order valence-corrected chi connectivity index (χ3v) is 4.22. The highest BCUT2D eigenvalue weighted by Gasteiger charge is 2.02. The summed E-state index contributed by atoms with van der Waals surface area (Å²) in [4.78, 5) is 0. The normalized spacial score (nSPS) is 11.0. The fourth-order valence-electron chi connectivity index (χ4n) is 2.33. The molecule has 0 aliphatic heterocycles. The van der Waals surface area contributed by atoms with Crippen LogP contribution in [0.25, 0.3) is 21.5 Å². The number of rotatable bonds is 2. The van der Waals surface area contributed by atoms with E-state index in [1.165, 1.54) is 26.7 Å². The molecule has 2 radical (unpaired) electrons. The fraction of sp³-hybridized carbons (Fsp3) is 0.125. The van der Waals surface area contributed by atoms with Crippen LogP contribution < -0.4 is 9.92 Å². The van der Waals surface area contributed by atoms with Crippen molar-refractivity contribution in [3.63, 3.8) is 0 Å². The molecule has 18 heavy (non-hydrogen) atoms. The van der Waals surface area contributed by atoms with Gasteiger partial charge in [0.15, 0.2) is 0 Å². The maximum Gasteiger partial charge on any atom is 0.119 e. The molecule has 0 fully saturated rings. The summed E-state index contributed by atoms with van der Waals surface area (Å²) < 4.78 is 5.27.